The quantitative estimate of drug-likeness (QED) is 0.857. The minimum absolute atomic E-state index is 0.449. The molecule has 2 atom stereocenters. The van der Waals surface area contributed by atoms with Crippen LogP contribution in [0, 0.1) is 0 Å². The number of aliphatic hydroxyl groups is 2. The second-order valence-corrected chi connectivity index (χ2v) is 4.81. The first-order chi connectivity index (χ1) is 9.22. The van der Waals surface area contributed by atoms with Crippen molar-refractivity contribution in [3.63, 3.8) is 0 Å². The maximum atomic E-state index is 9.49. The molecule has 19 heavy (non-hydrogen) atoms. The molecule has 5 heteroatoms. The second kappa shape index (κ2) is 5.13. The maximum absolute atomic E-state index is 9.49. The van der Waals surface area contributed by atoms with E-state index in [1.54, 1.807) is 6.20 Å². The Labute approximate surface area is 111 Å². The molecule has 2 aromatic rings. The number of rotatable bonds is 3. The summed E-state index contributed by atoms with van der Waals surface area (Å²) in [5.74, 6) is 1.33. The standard InChI is InChI=1S/C14H16N2O3/c17-11-7-16(8-12(11)18)9-14-15-6-13(19-14)10-4-2-1-3-5-10/h1-6,11-12,17-18H,7-9H2/t11-,12+. The molecule has 0 aliphatic carbocycles. The molecule has 1 aromatic carbocycles. The number of benzene rings is 1. The van der Waals surface area contributed by atoms with Crippen molar-refractivity contribution in [2.45, 2.75) is 18.8 Å². The van der Waals surface area contributed by atoms with Crippen molar-refractivity contribution in [1.82, 2.24) is 9.88 Å². The van der Waals surface area contributed by atoms with E-state index in [2.05, 4.69) is 4.98 Å². The van der Waals surface area contributed by atoms with Gasteiger partial charge in [-0.05, 0) is 0 Å². The normalized spacial score (nSPS) is 23.9. The predicted molar refractivity (Wildman–Crippen MR) is 69.2 cm³/mol. The molecule has 2 heterocycles. The van der Waals surface area contributed by atoms with Gasteiger partial charge in [-0.3, -0.25) is 4.90 Å². The molecule has 2 N–H and O–H groups in total. The van der Waals surface area contributed by atoms with E-state index < -0.39 is 12.2 Å². The summed E-state index contributed by atoms with van der Waals surface area (Å²) in [6.07, 6.45) is 0.347. The van der Waals surface area contributed by atoms with Gasteiger partial charge in [-0.2, -0.15) is 0 Å². The van der Waals surface area contributed by atoms with Gasteiger partial charge in [0, 0.05) is 18.7 Å². The van der Waals surface area contributed by atoms with E-state index >= 15 is 0 Å². The highest BCUT2D eigenvalue weighted by Gasteiger charge is 2.30. The molecular formula is C14H16N2O3. The fourth-order valence-electron chi connectivity index (χ4n) is 2.29. The molecule has 1 fully saturated rings. The number of hydrogen-bond donors (Lipinski definition) is 2. The van der Waals surface area contributed by atoms with Crippen molar-refractivity contribution >= 4 is 0 Å². The zero-order valence-corrected chi connectivity index (χ0v) is 10.4. The van der Waals surface area contributed by atoms with Gasteiger partial charge in [0.2, 0.25) is 5.89 Å². The lowest BCUT2D eigenvalue weighted by atomic mass is 10.2. The number of oxazole rings is 1. The number of nitrogens with zero attached hydrogens (tertiary/aromatic N) is 2. The van der Waals surface area contributed by atoms with E-state index in [1.807, 2.05) is 35.2 Å². The van der Waals surface area contributed by atoms with E-state index in [9.17, 15) is 10.2 Å². The van der Waals surface area contributed by atoms with Crippen LogP contribution >= 0.6 is 0 Å². The highest BCUT2D eigenvalue weighted by atomic mass is 16.4. The highest BCUT2D eigenvalue weighted by molar-refractivity contribution is 5.55. The summed E-state index contributed by atoms with van der Waals surface area (Å²) in [7, 11) is 0. The first kappa shape index (κ1) is 12.3. The first-order valence-corrected chi connectivity index (χ1v) is 6.31. The third kappa shape index (κ3) is 2.68. The molecule has 1 aromatic heterocycles. The minimum atomic E-state index is -0.677. The third-order valence-electron chi connectivity index (χ3n) is 3.31. The maximum Gasteiger partial charge on any atom is 0.209 e. The van der Waals surface area contributed by atoms with Gasteiger partial charge in [-0.25, -0.2) is 4.98 Å². The molecule has 3 rings (SSSR count). The molecule has 1 aliphatic rings. The van der Waals surface area contributed by atoms with Crippen molar-refractivity contribution in [3.8, 4) is 11.3 Å². The van der Waals surface area contributed by atoms with E-state index in [0.29, 0.717) is 25.5 Å². The number of aliphatic hydroxyl groups excluding tert-OH is 2. The smallest absolute Gasteiger partial charge is 0.209 e. The molecule has 0 amide bonds. The third-order valence-corrected chi connectivity index (χ3v) is 3.31. The van der Waals surface area contributed by atoms with Crippen molar-refractivity contribution in [1.29, 1.82) is 0 Å². The summed E-state index contributed by atoms with van der Waals surface area (Å²) in [5.41, 5.74) is 0.989. The van der Waals surface area contributed by atoms with Gasteiger partial charge in [0.05, 0.1) is 24.9 Å². The zero-order chi connectivity index (χ0) is 13.2. The molecule has 0 unspecified atom stereocenters. The Morgan fingerprint density at radius 1 is 1.16 bits per heavy atom. The average molecular weight is 260 g/mol. The molecule has 0 saturated carbocycles. The van der Waals surface area contributed by atoms with Crippen molar-refractivity contribution in [3.05, 3.63) is 42.4 Å². The van der Waals surface area contributed by atoms with Gasteiger partial charge in [0.15, 0.2) is 5.76 Å². The summed E-state index contributed by atoms with van der Waals surface area (Å²) in [6.45, 7) is 1.40. The Balaban J connectivity index is 1.69. The van der Waals surface area contributed by atoms with Gasteiger partial charge in [0.25, 0.3) is 0 Å². The number of hydrogen-bond acceptors (Lipinski definition) is 5. The molecular weight excluding hydrogens is 244 g/mol. The lowest BCUT2D eigenvalue weighted by Crippen LogP contribution is -2.22. The SMILES string of the molecule is O[C@@H]1CN(Cc2ncc(-c3ccccc3)o2)C[C@@H]1O. The Morgan fingerprint density at radius 2 is 1.84 bits per heavy atom. The Morgan fingerprint density at radius 3 is 2.53 bits per heavy atom. The molecule has 5 nitrogen and oxygen atoms in total. The summed E-state index contributed by atoms with van der Waals surface area (Å²) >= 11 is 0. The van der Waals surface area contributed by atoms with Gasteiger partial charge in [-0.1, -0.05) is 30.3 Å². The van der Waals surface area contributed by atoms with Crippen molar-refractivity contribution < 1.29 is 14.6 Å². The summed E-state index contributed by atoms with van der Waals surface area (Å²) < 4.78 is 5.69. The van der Waals surface area contributed by atoms with Crippen LogP contribution in [-0.2, 0) is 6.54 Å². The van der Waals surface area contributed by atoms with Crippen molar-refractivity contribution in [2.24, 2.45) is 0 Å². The summed E-state index contributed by atoms with van der Waals surface area (Å²) in [6, 6.07) is 9.78. The van der Waals surface area contributed by atoms with Crippen LogP contribution in [0.4, 0.5) is 0 Å². The van der Waals surface area contributed by atoms with Crippen molar-refractivity contribution in [2.75, 3.05) is 13.1 Å². The van der Waals surface area contributed by atoms with E-state index in [-0.39, 0.29) is 0 Å². The molecule has 0 radical (unpaired) electrons. The molecule has 1 aliphatic heterocycles. The summed E-state index contributed by atoms with van der Waals surface area (Å²) in [4.78, 5) is 6.16. The highest BCUT2D eigenvalue weighted by Crippen LogP contribution is 2.21. The van der Waals surface area contributed by atoms with Gasteiger partial charge in [-0.15, -0.1) is 0 Å². The number of likely N-dealkylation sites (tertiary alicyclic amines) is 1. The van der Waals surface area contributed by atoms with Gasteiger partial charge >= 0.3 is 0 Å². The first-order valence-electron chi connectivity index (χ1n) is 6.31. The van der Waals surface area contributed by atoms with Crippen LogP contribution in [0.5, 0.6) is 0 Å². The van der Waals surface area contributed by atoms with E-state index in [0.717, 1.165) is 11.3 Å². The van der Waals surface area contributed by atoms with E-state index in [4.69, 9.17) is 4.42 Å². The summed E-state index contributed by atoms with van der Waals surface area (Å²) in [5, 5.41) is 19.0. The molecule has 0 spiro atoms. The monoisotopic (exact) mass is 260 g/mol. The van der Waals surface area contributed by atoms with Crippen LogP contribution in [0.15, 0.2) is 40.9 Å². The topological polar surface area (TPSA) is 69.7 Å². The zero-order valence-electron chi connectivity index (χ0n) is 10.4. The van der Waals surface area contributed by atoms with Crippen LogP contribution < -0.4 is 0 Å². The fraction of sp³-hybridized carbons (Fsp3) is 0.357. The molecule has 100 valence electrons. The van der Waals surface area contributed by atoms with E-state index in [1.165, 1.54) is 0 Å². The number of β-amino-alcohol motifs (C(OH)–C–C–N with tert-alkyl or cyclic N) is 2. The van der Waals surface area contributed by atoms with Crippen LogP contribution in [0.2, 0.25) is 0 Å². The van der Waals surface area contributed by atoms with Crippen LogP contribution in [0.3, 0.4) is 0 Å². The number of aromatic nitrogens is 1. The Kier molecular flexibility index (Phi) is 3.33. The fourth-order valence-corrected chi connectivity index (χ4v) is 2.29. The van der Waals surface area contributed by atoms with Crippen LogP contribution in [-0.4, -0.2) is 45.4 Å². The molecule has 1 saturated heterocycles. The lowest BCUT2D eigenvalue weighted by molar-refractivity contribution is 0.0572. The molecule has 0 bridgehead atoms. The van der Waals surface area contributed by atoms with Gasteiger partial charge in [0.1, 0.15) is 0 Å². The minimum Gasteiger partial charge on any atom is -0.439 e. The van der Waals surface area contributed by atoms with Crippen LogP contribution in [0.25, 0.3) is 11.3 Å². The lowest BCUT2D eigenvalue weighted by Gasteiger charge is -2.11. The second-order valence-electron chi connectivity index (χ2n) is 4.81. The predicted octanol–water partition coefficient (Wildman–Crippen LogP) is 0.879. The van der Waals surface area contributed by atoms with Crippen LogP contribution in [0.1, 0.15) is 5.89 Å². The Bertz CT molecular complexity index is 531. The Hall–Kier alpha value is -1.69. The average Bonchev–Trinajstić information content (AvgIpc) is 2.99. The van der Waals surface area contributed by atoms with Gasteiger partial charge < -0.3 is 14.6 Å². The largest absolute Gasteiger partial charge is 0.439 e.